The number of sulfonamides is 1. The van der Waals surface area contributed by atoms with Crippen LogP contribution >= 0.6 is 0 Å². The molecule has 0 aliphatic rings. The van der Waals surface area contributed by atoms with E-state index in [9.17, 15) is 12.8 Å². The van der Waals surface area contributed by atoms with Gasteiger partial charge >= 0.3 is 0 Å². The van der Waals surface area contributed by atoms with E-state index in [2.05, 4.69) is 4.72 Å². The Labute approximate surface area is 120 Å². The second-order valence-corrected chi connectivity index (χ2v) is 6.64. The lowest BCUT2D eigenvalue weighted by Crippen LogP contribution is -2.38. The number of hydrogen-bond donors (Lipinski definition) is 2. The zero-order valence-corrected chi connectivity index (χ0v) is 13.0. The summed E-state index contributed by atoms with van der Waals surface area (Å²) in [6.45, 7) is 6.00. The van der Waals surface area contributed by atoms with Crippen LogP contribution in [-0.2, 0) is 16.6 Å². The minimum absolute atomic E-state index is 0.175. The van der Waals surface area contributed by atoms with Gasteiger partial charge in [0.25, 0.3) is 0 Å². The molecule has 114 valence electrons. The SMILES string of the molecule is CCC(CC)C(C)NS(=O)(=O)c1ccc(CN)cc1F. The van der Waals surface area contributed by atoms with Crippen molar-refractivity contribution < 1.29 is 12.8 Å². The van der Waals surface area contributed by atoms with Crippen LogP contribution in [0.25, 0.3) is 0 Å². The number of rotatable bonds is 7. The zero-order valence-electron chi connectivity index (χ0n) is 12.2. The zero-order chi connectivity index (χ0) is 15.3. The molecule has 0 amide bonds. The van der Waals surface area contributed by atoms with Gasteiger partial charge in [0.05, 0.1) is 0 Å². The van der Waals surface area contributed by atoms with Gasteiger partial charge in [-0.05, 0) is 30.5 Å². The van der Waals surface area contributed by atoms with Gasteiger partial charge in [-0.25, -0.2) is 17.5 Å². The Hall–Kier alpha value is -0.980. The molecule has 0 fully saturated rings. The summed E-state index contributed by atoms with van der Waals surface area (Å²) in [6, 6.07) is 3.72. The number of benzene rings is 1. The lowest BCUT2D eigenvalue weighted by Gasteiger charge is -2.22. The quantitative estimate of drug-likeness (QED) is 0.812. The van der Waals surface area contributed by atoms with Gasteiger partial charge in [-0.2, -0.15) is 0 Å². The second-order valence-electron chi connectivity index (χ2n) is 4.96. The molecule has 0 aliphatic carbocycles. The van der Waals surface area contributed by atoms with Crippen LogP contribution in [0.2, 0.25) is 0 Å². The van der Waals surface area contributed by atoms with Crippen LogP contribution in [-0.4, -0.2) is 14.5 Å². The molecular formula is C14H23FN2O2S. The molecule has 0 heterocycles. The molecule has 3 N–H and O–H groups in total. The molecule has 0 aliphatic heterocycles. The fourth-order valence-corrected chi connectivity index (χ4v) is 3.66. The summed E-state index contributed by atoms with van der Waals surface area (Å²) in [7, 11) is -3.85. The van der Waals surface area contributed by atoms with Gasteiger partial charge < -0.3 is 5.73 Å². The van der Waals surface area contributed by atoms with Crippen LogP contribution in [0.1, 0.15) is 39.2 Å². The van der Waals surface area contributed by atoms with Crippen LogP contribution < -0.4 is 10.5 Å². The van der Waals surface area contributed by atoms with E-state index >= 15 is 0 Å². The number of nitrogens with one attached hydrogen (secondary N) is 1. The first-order chi connectivity index (χ1) is 9.35. The molecule has 1 rings (SSSR count). The Kier molecular flexibility index (Phi) is 6.10. The Bertz CT molecular complexity index is 542. The summed E-state index contributed by atoms with van der Waals surface area (Å²) in [4.78, 5) is -0.326. The lowest BCUT2D eigenvalue weighted by atomic mass is 9.96. The highest BCUT2D eigenvalue weighted by Crippen LogP contribution is 2.19. The average Bonchev–Trinajstić information content (AvgIpc) is 2.38. The summed E-state index contributed by atoms with van der Waals surface area (Å²) in [5.74, 6) is -0.534. The van der Waals surface area contributed by atoms with Crippen molar-refractivity contribution in [1.29, 1.82) is 0 Å². The average molecular weight is 302 g/mol. The topological polar surface area (TPSA) is 72.2 Å². The predicted octanol–water partition coefficient (Wildman–Crippen LogP) is 2.39. The predicted molar refractivity (Wildman–Crippen MR) is 78.1 cm³/mol. The van der Waals surface area contributed by atoms with Crippen molar-refractivity contribution in [3.8, 4) is 0 Å². The molecule has 1 unspecified atom stereocenters. The Balaban J connectivity index is 2.99. The van der Waals surface area contributed by atoms with Crippen LogP contribution in [0, 0.1) is 11.7 Å². The molecule has 0 radical (unpaired) electrons. The van der Waals surface area contributed by atoms with E-state index in [1.807, 2.05) is 13.8 Å². The van der Waals surface area contributed by atoms with Gasteiger partial charge in [0.2, 0.25) is 10.0 Å². The van der Waals surface area contributed by atoms with Crippen LogP contribution in [0.15, 0.2) is 23.1 Å². The maximum Gasteiger partial charge on any atom is 0.243 e. The molecule has 1 aromatic rings. The number of hydrogen-bond acceptors (Lipinski definition) is 3. The first-order valence-electron chi connectivity index (χ1n) is 6.86. The van der Waals surface area contributed by atoms with Crippen LogP contribution in [0.4, 0.5) is 4.39 Å². The van der Waals surface area contributed by atoms with Gasteiger partial charge in [-0.15, -0.1) is 0 Å². The third-order valence-electron chi connectivity index (χ3n) is 3.62. The van der Waals surface area contributed by atoms with Gasteiger partial charge in [-0.1, -0.05) is 32.8 Å². The molecule has 0 bridgehead atoms. The summed E-state index contributed by atoms with van der Waals surface area (Å²) in [5, 5.41) is 0. The van der Waals surface area contributed by atoms with E-state index in [4.69, 9.17) is 5.73 Å². The molecule has 0 saturated carbocycles. The Morgan fingerprint density at radius 3 is 2.35 bits per heavy atom. The van der Waals surface area contributed by atoms with Crippen molar-refractivity contribution in [2.45, 2.75) is 51.1 Å². The van der Waals surface area contributed by atoms with Crippen LogP contribution in [0.3, 0.4) is 0 Å². The fraction of sp³-hybridized carbons (Fsp3) is 0.571. The molecular weight excluding hydrogens is 279 g/mol. The Morgan fingerprint density at radius 1 is 1.30 bits per heavy atom. The van der Waals surface area contributed by atoms with E-state index in [1.165, 1.54) is 12.1 Å². The first-order valence-corrected chi connectivity index (χ1v) is 8.34. The van der Waals surface area contributed by atoms with E-state index in [1.54, 1.807) is 6.92 Å². The number of halogens is 1. The summed E-state index contributed by atoms with van der Waals surface area (Å²) in [6.07, 6.45) is 1.74. The normalized spacial score (nSPS) is 13.7. The highest BCUT2D eigenvalue weighted by Gasteiger charge is 2.24. The van der Waals surface area contributed by atoms with Gasteiger partial charge in [0, 0.05) is 12.6 Å². The van der Waals surface area contributed by atoms with Crippen molar-refractivity contribution in [1.82, 2.24) is 4.72 Å². The minimum atomic E-state index is -3.85. The van der Waals surface area contributed by atoms with E-state index in [0.29, 0.717) is 5.56 Å². The highest BCUT2D eigenvalue weighted by atomic mass is 32.2. The van der Waals surface area contributed by atoms with Gasteiger partial charge in [0.15, 0.2) is 0 Å². The van der Waals surface area contributed by atoms with Crippen molar-refractivity contribution in [3.05, 3.63) is 29.6 Å². The van der Waals surface area contributed by atoms with Crippen molar-refractivity contribution in [2.24, 2.45) is 11.7 Å². The smallest absolute Gasteiger partial charge is 0.243 e. The third kappa shape index (κ3) is 4.01. The fourth-order valence-electron chi connectivity index (χ4n) is 2.29. The standard InChI is InChI=1S/C14H23FN2O2S/c1-4-12(5-2)10(3)17-20(18,19)14-7-6-11(9-16)8-13(14)15/h6-8,10,12,17H,4-5,9,16H2,1-3H3. The summed E-state index contributed by atoms with van der Waals surface area (Å²) in [5.41, 5.74) is 5.97. The number of nitrogens with two attached hydrogens (primary N) is 1. The molecule has 6 heteroatoms. The van der Waals surface area contributed by atoms with E-state index in [0.717, 1.165) is 18.9 Å². The monoisotopic (exact) mass is 302 g/mol. The largest absolute Gasteiger partial charge is 0.326 e. The second kappa shape index (κ2) is 7.15. The van der Waals surface area contributed by atoms with Gasteiger partial charge in [0.1, 0.15) is 10.7 Å². The maximum absolute atomic E-state index is 13.9. The third-order valence-corrected chi connectivity index (χ3v) is 5.21. The van der Waals surface area contributed by atoms with Gasteiger partial charge in [-0.3, -0.25) is 0 Å². The first kappa shape index (κ1) is 17.1. The van der Waals surface area contributed by atoms with E-state index < -0.39 is 15.8 Å². The molecule has 4 nitrogen and oxygen atoms in total. The van der Waals surface area contributed by atoms with Crippen molar-refractivity contribution >= 4 is 10.0 Å². The molecule has 20 heavy (non-hydrogen) atoms. The highest BCUT2D eigenvalue weighted by molar-refractivity contribution is 7.89. The summed E-state index contributed by atoms with van der Waals surface area (Å²) < 4.78 is 40.9. The molecule has 0 saturated heterocycles. The van der Waals surface area contributed by atoms with Crippen LogP contribution in [0.5, 0.6) is 0 Å². The maximum atomic E-state index is 13.9. The molecule has 0 aromatic heterocycles. The van der Waals surface area contributed by atoms with Crippen molar-refractivity contribution in [3.63, 3.8) is 0 Å². The molecule has 0 spiro atoms. The molecule has 1 atom stereocenters. The minimum Gasteiger partial charge on any atom is -0.326 e. The molecule has 1 aromatic carbocycles. The lowest BCUT2D eigenvalue weighted by molar-refractivity contribution is 0.390. The Morgan fingerprint density at radius 2 is 1.90 bits per heavy atom. The summed E-state index contributed by atoms with van der Waals surface area (Å²) >= 11 is 0. The van der Waals surface area contributed by atoms with Crippen molar-refractivity contribution in [2.75, 3.05) is 0 Å². The van der Waals surface area contributed by atoms with E-state index in [-0.39, 0.29) is 23.4 Å².